The molecular formula is C33H36Cl2N3O6S+. The fourth-order valence-corrected chi connectivity index (χ4v) is 5.88. The number of methoxy groups -OCH3 is 2. The summed E-state index contributed by atoms with van der Waals surface area (Å²) in [5, 5.41) is 4.13. The number of H-pyrrole nitrogens is 1. The minimum Gasteiger partial charge on any atom is -0.493 e. The third-order valence-corrected chi connectivity index (χ3v) is 8.65. The number of carbonyl (C=O) groups excluding carboxylic acids is 2. The summed E-state index contributed by atoms with van der Waals surface area (Å²) < 4.78 is 22.5. The van der Waals surface area contributed by atoms with E-state index in [4.69, 9.17) is 42.1 Å². The van der Waals surface area contributed by atoms with Crippen LogP contribution in [-0.2, 0) is 27.2 Å². The van der Waals surface area contributed by atoms with E-state index in [1.165, 1.54) is 18.4 Å². The Bertz CT molecular complexity index is 1560. The number of pyridine rings is 1. The Morgan fingerprint density at radius 2 is 1.64 bits per heavy atom. The topological polar surface area (TPSA) is 100 Å². The van der Waals surface area contributed by atoms with Gasteiger partial charge in [-0.15, -0.1) is 11.3 Å². The molecule has 2 aromatic heterocycles. The molecule has 0 bridgehead atoms. The molecule has 0 radical (unpaired) electrons. The number of carbonyl (C=O) groups is 2. The first-order valence-electron chi connectivity index (χ1n) is 14.2. The lowest BCUT2D eigenvalue weighted by Gasteiger charge is -2.20. The summed E-state index contributed by atoms with van der Waals surface area (Å²) in [4.78, 5) is 32.6. The Hall–Kier alpha value is -3.67. The van der Waals surface area contributed by atoms with Gasteiger partial charge < -0.3 is 23.8 Å². The van der Waals surface area contributed by atoms with Gasteiger partial charge in [0.15, 0.2) is 23.9 Å². The second kappa shape index (κ2) is 16.6. The van der Waals surface area contributed by atoms with Gasteiger partial charge in [-0.1, -0.05) is 59.6 Å². The number of hydrogen-bond donors (Lipinski definition) is 1. The van der Waals surface area contributed by atoms with Crippen molar-refractivity contribution in [2.45, 2.75) is 25.1 Å². The summed E-state index contributed by atoms with van der Waals surface area (Å²) in [5.74, 6) is 0.158. The first kappa shape index (κ1) is 34.2. The van der Waals surface area contributed by atoms with Gasteiger partial charge in [0.25, 0.3) is 0 Å². The molecular weight excluding hydrogens is 637 g/mol. The molecule has 0 aliphatic heterocycles. The summed E-state index contributed by atoms with van der Waals surface area (Å²) in [6, 6.07) is 17.6. The third-order valence-electron chi connectivity index (χ3n) is 6.91. The number of halogens is 2. The molecule has 12 heteroatoms. The van der Waals surface area contributed by atoms with Crippen LogP contribution in [0.1, 0.15) is 43.4 Å². The number of thiophene rings is 1. The van der Waals surface area contributed by atoms with Gasteiger partial charge in [-0.05, 0) is 49.5 Å². The average Bonchev–Trinajstić information content (AvgIpc) is 3.51. The SMILES string of the molecule is COc1ccc([C@H](Cc2c(Cl)c[nH+]cc2Cl)OC(=O)c2ccc(CNC(C(=O)OCCN(C)C)c3ccccc3)s2)cc1OC. The highest BCUT2D eigenvalue weighted by Gasteiger charge is 2.26. The number of likely N-dealkylation sites (N-methyl/N-ethyl adjacent to an activating group) is 1. The zero-order valence-electron chi connectivity index (χ0n) is 25.5. The quantitative estimate of drug-likeness (QED) is 0.154. The Kier molecular flexibility index (Phi) is 12.6. The lowest BCUT2D eigenvalue weighted by molar-refractivity contribution is -0.377. The second-order valence-corrected chi connectivity index (χ2v) is 12.3. The van der Waals surface area contributed by atoms with Crippen molar-refractivity contribution in [3.05, 3.63) is 110 Å². The van der Waals surface area contributed by atoms with Gasteiger partial charge in [0.1, 0.15) is 33.7 Å². The third kappa shape index (κ3) is 9.42. The number of rotatable bonds is 15. The van der Waals surface area contributed by atoms with Crippen LogP contribution in [0.3, 0.4) is 0 Å². The van der Waals surface area contributed by atoms with Crippen LogP contribution >= 0.6 is 34.5 Å². The fraction of sp³-hybridized carbons (Fsp3) is 0.303. The van der Waals surface area contributed by atoms with Gasteiger partial charge in [-0.25, -0.2) is 14.6 Å². The largest absolute Gasteiger partial charge is 0.493 e. The van der Waals surface area contributed by atoms with E-state index in [9.17, 15) is 9.59 Å². The second-order valence-electron chi connectivity index (χ2n) is 10.3. The predicted molar refractivity (Wildman–Crippen MR) is 174 cm³/mol. The highest BCUT2D eigenvalue weighted by molar-refractivity contribution is 7.13. The van der Waals surface area contributed by atoms with Crippen LogP contribution in [0.15, 0.2) is 73.1 Å². The van der Waals surface area contributed by atoms with Crippen molar-refractivity contribution in [1.82, 2.24) is 10.2 Å². The molecule has 2 heterocycles. The molecule has 2 atom stereocenters. The number of aromatic nitrogens is 1. The molecule has 2 N–H and O–H groups in total. The van der Waals surface area contributed by atoms with Gasteiger partial charge in [0.05, 0.1) is 14.2 Å². The van der Waals surface area contributed by atoms with E-state index in [2.05, 4.69) is 10.3 Å². The van der Waals surface area contributed by atoms with Gasteiger partial charge in [0, 0.05) is 30.0 Å². The standard InChI is InChI=1S/C33H35Cl2N3O6S/c1-38(2)14-15-43-33(40)31(21-8-6-5-7-9-21)37-18-23-11-13-30(45-23)32(39)44-28(17-24-25(34)19-36-20-26(24)35)22-10-12-27(41-3)29(16-22)42-4/h5-13,16,19-20,28,31,37H,14-15,17-18H2,1-4H3/p+1/t28-,31?/m0/s1. The van der Waals surface area contributed by atoms with Gasteiger partial charge in [-0.3, -0.25) is 5.32 Å². The maximum absolute atomic E-state index is 13.5. The minimum atomic E-state index is -0.738. The smallest absolute Gasteiger partial charge is 0.348 e. The summed E-state index contributed by atoms with van der Waals surface area (Å²) in [6.45, 7) is 1.24. The van der Waals surface area contributed by atoms with Crippen molar-refractivity contribution < 1.29 is 33.5 Å². The van der Waals surface area contributed by atoms with Crippen LogP contribution in [0, 0.1) is 0 Å². The molecule has 238 valence electrons. The normalized spacial score (nSPS) is 12.4. The average molecular weight is 674 g/mol. The molecule has 0 fully saturated rings. The molecule has 1 unspecified atom stereocenters. The van der Waals surface area contributed by atoms with Crippen molar-refractivity contribution in [3.8, 4) is 11.5 Å². The van der Waals surface area contributed by atoms with E-state index in [0.29, 0.717) is 50.6 Å². The highest BCUT2D eigenvalue weighted by atomic mass is 35.5. The predicted octanol–water partition coefficient (Wildman–Crippen LogP) is 5.96. The van der Waals surface area contributed by atoms with Crippen molar-refractivity contribution >= 4 is 46.5 Å². The van der Waals surface area contributed by atoms with E-state index in [-0.39, 0.29) is 19.0 Å². The molecule has 0 saturated heterocycles. The summed E-state index contributed by atoms with van der Waals surface area (Å²) in [7, 11) is 6.92. The Labute approximate surface area is 277 Å². The van der Waals surface area contributed by atoms with E-state index < -0.39 is 18.1 Å². The zero-order chi connectivity index (χ0) is 32.3. The van der Waals surface area contributed by atoms with Gasteiger partial charge in [-0.2, -0.15) is 0 Å². The van der Waals surface area contributed by atoms with Gasteiger partial charge in [0.2, 0.25) is 0 Å². The van der Waals surface area contributed by atoms with Gasteiger partial charge >= 0.3 is 11.9 Å². The molecule has 4 rings (SSSR count). The van der Waals surface area contributed by atoms with E-state index in [1.807, 2.05) is 55.4 Å². The first-order valence-corrected chi connectivity index (χ1v) is 15.7. The number of esters is 2. The van der Waals surface area contributed by atoms with Crippen LogP contribution in [0.25, 0.3) is 0 Å². The summed E-state index contributed by atoms with van der Waals surface area (Å²) in [5.41, 5.74) is 2.10. The number of nitrogens with one attached hydrogen (secondary N) is 2. The van der Waals surface area contributed by atoms with Crippen molar-refractivity contribution in [2.75, 3.05) is 41.5 Å². The summed E-state index contributed by atoms with van der Waals surface area (Å²) in [6.07, 6.45) is 2.73. The van der Waals surface area contributed by atoms with Crippen molar-refractivity contribution in [1.29, 1.82) is 0 Å². The van der Waals surface area contributed by atoms with Crippen molar-refractivity contribution in [2.24, 2.45) is 0 Å². The zero-order valence-corrected chi connectivity index (χ0v) is 27.8. The monoisotopic (exact) mass is 672 g/mol. The fourth-order valence-electron chi connectivity index (χ4n) is 4.50. The molecule has 0 aliphatic carbocycles. The molecule has 45 heavy (non-hydrogen) atoms. The Balaban J connectivity index is 1.51. The molecule has 0 amide bonds. The van der Waals surface area contributed by atoms with Crippen molar-refractivity contribution in [3.63, 3.8) is 0 Å². The number of ether oxygens (including phenoxy) is 4. The lowest BCUT2D eigenvalue weighted by Crippen LogP contribution is -2.31. The molecule has 9 nitrogen and oxygen atoms in total. The van der Waals surface area contributed by atoms with Crippen LogP contribution in [0.5, 0.6) is 11.5 Å². The number of aromatic amines is 1. The highest BCUT2D eigenvalue weighted by Crippen LogP contribution is 2.35. The number of nitrogens with zero attached hydrogens (tertiary/aromatic N) is 1. The first-order chi connectivity index (χ1) is 21.7. The molecule has 0 saturated carbocycles. The molecule has 2 aromatic carbocycles. The van der Waals surface area contributed by atoms with Crippen LogP contribution in [-0.4, -0.2) is 58.3 Å². The maximum Gasteiger partial charge on any atom is 0.348 e. The van der Waals surface area contributed by atoms with Crippen LogP contribution in [0.4, 0.5) is 0 Å². The van der Waals surface area contributed by atoms with E-state index >= 15 is 0 Å². The maximum atomic E-state index is 13.5. The molecule has 4 aromatic rings. The number of hydrogen-bond acceptors (Lipinski definition) is 9. The lowest BCUT2D eigenvalue weighted by atomic mass is 10.0. The summed E-state index contributed by atoms with van der Waals surface area (Å²) >= 11 is 14.2. The molecule has 0 aliphatic rings. The number of benzene rings is 2. The minimum absolute atomic E-state index is 0.224. The van der Waals surface area contributed by atoms with Crippen LogP contribution in [0.2, 0.25) is 10.0 Å². The Morgan fingerprint density at radius 1 is 0.933 bits per heavy atom. The van der Waals surface area contributed by atoms with Crippen LogP contribution < -0.4 is 19.8 Å². The van der Waals surface area contributed by atoms with E-state index in [1.54, 1.807) is 43.8 Å². The van der Waals surface area contributed by atoms with E-state index in [0.717, 1.165) is 10.4 Å². The molecule has 0 spiro atoms. The Morgan fingerprint density at radius 3 is 2.31 bits per heavy atom.